The Morgan fingerprint density at radius 3 is 2.52 bits per heavy atom. The second kappa shape index (κ2) is 6.26. The molecule has 1 aliphatic heterocycles. The molecule has 1 aliphatic rings. The maximum atomic E-state index is 12.4. The van der Waals surface area contributed by atoms with E-state index in [9.17, 15) is 4.79 Å². The van der Waals surface area contributed by atoms with Crippen LogP contribution in [0.1, 0.15) is 16.1 Å². The third-order valence-corrected chi connectivity index (χ3v) is 4.71. The molecule has 0 aliphatic carbocycles. The molecule has 0 fully saturated rings. The first-order valence-electron chi connectivity index (χ1n) is 7.30. The summed E-state index contributed by atoms with van der Waals surface area (Å²) < 4.78 is 11.3. The smallest absolute Gasteiger partial charge is 0.232 e. The topological polar surface area (TPSA) is 39.4 Å². The van der Waals surface area contributed by atoms with E-state index in [0.29, 0.717) is 37.9 Å². The van der Waals surface area contributed by atoms with E-state index in [1.807, 2.05) is 0 Å². The van der Waals surface area contributed by atoms with Crippen molar-refractivity contribution < 1.29 is 13.9 Å². The molecule has 2 aromatic carbocycles. The van der Waals surface area contributed by atoms with Gasteiger partial charge in [0.15, 0.2) is 5.76 Å². The summed E-state index contributed by atoms with van der Waals surface area (Å²) in [7, 11) is 0. The molecule has 0 radical (unpaired) electrons. The lowest BCUT2D eigenvalue weighted by molar-refractivity contribution is 0.101. The zero-order valence-corrected chi connectivity index (χ0v) is 14.8. The summed E-state index contributed by atoms with van der Waals surface area (Å²) in [6.07, 6.45) is 1.55. The van der Waals surface area contributed by atoms with E-state index >= 15 is 0 Å². The molecule has 25 heavy (non-hydrogen) atoms. The Morgan fingerprint density at radius 2 is 1.72 bits per heavy atom. The minimum absolute atomic E-state index is 0.187. The second-order valence-corrected chi connectivity index (χ2v) is 6.66. The van der Waals surface area contributed by atoms with Crippen LogP contribution in [-0.2, 0) is 0 Å². The van der Waals surface area contributed by atoms with Crippen LogP contribution < -0.4 is 4.74 Å². The molecule has 0 saturated carbocycles. The Morgan fingerprint density at radius 1 is 0.880 bits per heavy atom. The first-order chi connectivity index (χ1) is 12.0. The minimum atomic E-state index is -0.231. The molecule has 1 aromatic heterocycles. The Bertz CT molecular complexity index is 1030. The summed E-state index contributed by atoms with van der Waals surface area (Å²) >= 11 is 17.9. The van der Waals surface area contributed by atoms with Crippen molar-refractivity contribution in [3.8, 4) is 17.1 Å². The first-order valence-corrected chi connectivity index (χ1v) is 8.44. The molecule has 0 saturated heterocycles. The van der Waals surface area contributed by atoms with Gasteiger partial charge in [-0.2, -0.15) is 0 Å². The molecule has 124 valence electrons. The summed E-state index contributed by atoms with van der Waals surface area (Å²) in [6, 6.07) is 13.7. The Labute approximate surface area is 158 Å². The van der Waals surface area contributed by atoms with Gasteiger partial charge in [0.25, 0.3) is 0 Å². The van der Waals surface area contributed by atoms with Crippen LogP contribution in [0.5, 0.6) is 5.75 Å². The standard InChI is InChI=1S/C19H9Cl3O3/c20-11-2-5-17-13(8-11)19(23)18(25-17)9-12-3-6-16(24-12)10-1-4-14(21)15(22)7-10/h1-9H/b18-9-. The molecule has 0 N–H and O–H groups in total. The van der Waals surface area contributed by atoms with Crippen LogP contribution in [0.25, 0.3) is 17.4 Å². The van der Waals surface area contributed by atoms with Crippen LogP contribution in [0.4, 0.5) is 0 Å². The second-order valence-electron chi connectivity index (χ2n) is 5.41. The molecular weight excluding hydrogens is 383 g/mol. The predicted octanol–water partition coefficient (Wildman–Crippen LogP) is 6.52. The summed E-state index contributed by atoms with van der Waals surface area (Å²) in [6.45, 7) is 0. The average molecular weight is 392 g/mol. The predicted molar refractivity (Wildman–Crippen MR) is 98.6 cm³/mol. The molecule has 0 unspecified atom stereocenters. The molecule has 0 atom stereocenters. The zero-order chi connectivity index (χ0) is 17.6. The molecule has 4 rings (SSSR count). The number of hydrogen-bond acceptors (Lipinski definition) is 3. The van der Waals surface area contributed by atoms with Gasteiger partial charge in [-0.05, 0) is 48.5 Å². The first kappa shape index (κ1) is 16.3. The normalized spacial score (nSPS) is 14.7. The number of carbonyl (C=O) groups is 1. The maximum Gasteiger partial charge on any atom is 0.232 e. The fourth-order valence-corrected chi connectivity index (χ4v) is 3.00. The lowest BCUT2D eigenvalue weighted by atomic mass is 10.1. The van der Waals surface area contributed by atoms with Gasteiger partial charge in [-0.1, -0.05) is 34.8 Å². The average Bonchev–Trinajstić information content (AvgIpc) is 3.17. The van der Waals surface area contributed by atoms with Crippen molar-refractivity contribution >= 4 is 46.7 Å². The summed E-state index contributed by atoms with van der Waals surface area (Å²) in [5.74, 6) is 1.54. The monoisotopic (exact) mass is 390 g/mol. The van der Waals surface area contributed by atoms with Crippen molar-refractivity contribution in [3.05, 3.63) is 80.7 Å². The van der Waals surface area contributed by atoms with Crippen molar-refractivity contribution in [1.29, 1.82) is 0 Å². The number of allylic oxidation sites excluding steroid dienone is 1. The number of furan rings is 1. The quantitative estimate of drug-likeness (QED) is 0.467. The summed E-state index contributed by atoms with van der Waals surface area (Å²) in [5, 5.41) is 1.40. The van der Waals surface area contributed by atoms with Gasteiger partial charge in [0.2, 0.25) is 5.78 Å². The van der Waals surface area contributed by atoms with Gasteiger partial charge in [0, 0.05) is 16.7 Å². The van der Waals surface area contributed by atoms with Gasteiger partial charge in [0.05, 0.1) is 15.6 Å². The zero-order valence-electron chi connectivity index (χ0n) is 12.6. The van der Waals surface area contributed by atoms with Gasteiger partial charge < -0.3 is 9.15 Å². The van der Waals surface area contributed by atoms with Crippen LogP contribution in [-0.4, -0.2) is 5.78 Å². The number of hydrogen-bond donors (Lipinski definition) is 0. The van der Waals surface area contributed by atoms with E-state index in [1.165, 1.54) is 0 Å². The maximum absolute atomic E-state index is 12.4. The number of carbonyl (C=O) groups excluding carboxylic acids is 1. The number of Topliss-reactive ketones (excluding diaryl/α,β-unsaturated/α-hetero) is 1. The van der Waals surface area contributed by atoms with E-state index in [1.54, 1.807) is 54.6 Å². The third-order valence-electron chi connectivity index (χ3n) is 3.73. The minimum Gasteiger partial charge on any atom is -0.457 e. The van der Waals surface area contributed by atoms with Gasteiger partial charge in [-0.15, -0.1) is 0 Å². The molecule has 0 spiro atoms. The van der Waals surface area contributed by atoms with E-state index in [0.717, 1.165) is 5.56 Å². The highest BCUT2D eigenvalue weighted by molar-refractivity contribution is 6.42. The highest BCUT2D eigenvalue weighted by Crippen LogP contribution is 2.35. The molecule has 3 nitrogen and oxygen atoms in total. The van der Waals surface area contributed by atoms with Crippen molar-refractivity contribution in [2.75, 3.05) is 0 Å². The van der Waals surface area contributed by atoms with Crippen LogP contribution in [0.3, 0.4) is 0 Å². The lowest BCUT2D eigenvalue weighted by Crippen LogP contribution is -1.97. The number of ketones is 1. The van der Waals surface area contributed by atoms with Crippen LogP contribution in [0.15, 0.2) is 58.7 Å². The van der Waals surface area contributed by atoms with Crippen molar-refractivity contribution in [3.63, 3.8) is 0 Å². The lowest BCUT2D eigenvalue weighted by Gasteiger charge is -2.00. The number of halogens is 3. The number of fused-ring (bicyclic) bond motifs is 1. The van der Waals surface area contributed by atoms with Crippen LogP contribution in [0, 0.1) is 0 Å². The van der Waals surface area contributed by atoms with E-state index in [-0.39, 0.29) is 11.5 Å². The highest BCUT2D eigenvalue weighted by atomic mass is 35.5. The number of benzene rings is 2. The van der Waals surface area contributed by atoms with Crippen molar-refractivity contribution in [2.45, 2.75) is 0 Å². The highest BCUT2D eigenvalue weighted by Gasteiger charge is 2.27. The molecule has 0 bridgehead atoms. The SMILES string of the molecule is O=C1/C(=C/c2ccc(-c3ccc(Cl)c(Cl)c3)o2)Oc2ccc(Cl)cc21. The molecular formula is C19H9Cl3O3. The third kappa shape index (κ3) is 3.07. The number of rotatable bonds is 2. The molecule has 2 heterocycles. The largest absolute Gasteiger partial charge is 0.457 e. The fraction of sp³-hybridized carbons (Fsp3) is 0. The number of ether oxygens (including phenoxy) is 1. The van der Waals surface area contributed by atoms with Crippen LogP contribution in [0.2, 0.25) is 15.1 Å². The fourth-order valence-electron chi connectivity index (χ4n) is 2.53. The molecule has 6 heteroatoms. The molecule has 0 amide bonds. The summed E-state index contributed by atoms with van der Waals surface area (Å²) in [5.41, 5.74) is 1.22. The molecule has 3 aromatic rings. The van der Waals surface area contributed by atoms with Gasteiger partial charge >= 0.3 is 0 Å². The van der Waals surface area contributed by atoms with Crippen molar-refractivity contribution in [2.24, 2.45) is 0 Å². The van der Waals surface area contributed by atoms with Gasteiger partial charge in [-0.3, -0.25) is 4.79 Å². The van der Waals surface area contributed by atoms with E-state index in [4.69, 9.17) is 44.0 Å². The Kier molecular flexibility index (Phi) is 4.08. The van der Waals surface area contributed by atoms with E-state index in [2.05, 4.69) is 0 Å². The van der Waals surface area contributed by atoms with Crippen molar-refractivity contribution in [1.82, 2.24) is 0 Å². The van der Waals surface area contributed by atoms with Crippen LogP contribution >= 0.6 is 34.8 Å². The van der Waals surface area contributed by atoms with E-state index < -0.39 is 0 Å². The van der Waals surface area contributed by atoms with Gasteiger partial charge in [0.1, 0.15) is 17.3 Å². The van der Waals surface area contributed by atoms with Gasteiger partial charge in [-0.25, -0.2) is 0 Å². The Hall–Kier alpha value is -2.20. The summed E-state index contributed by atoms with van der Waals surface area (Å²) in [4.78, 5) is 12.4. The Balaban J connectivity index is 1.64.